The SMILES string of the molecule is COc1cc(F)cc([C@H]2C[C@H]3CSC(N)=N[C@@]3(c3ccc(F)cc3F)CO2)c1. The first-order valence-electron chi connectivity index (χ1n) is 8.81. The van der Waals surface area contributed by atoms with Gasteiger partial charge in [0.25, 0.3) is 0 Å². The third-order valence-corrected chi connectivity index (χ3v) is 6.28. The number of amidine groups is 1. The van der Waals surface area contributed by atoms with E-state index >= 15 is 0 Å². The maximum absolute atomic E-state index is 14.6. The molecule has 28 heavy (non-hydrogen) atoms. The molecule has 8 heteroatoms. The summed E-state index contributed by atoms with van der Waals surface area (Å²) in [6.45, 7) is 0.0605. The van der Waals surface area contributed by atoms with Crippen LogP contribution in [0.1, 0.15) is 23.7 Å². The minimum Gasteiger partial charge on any atom is -0.497 e. The van der Waals surface area contributed by atoms with Gasteiger partial charge in [-0.1, -0.05) is 17.8 Å². The van der Waals surface area contributed by atoms with Gasteiger partial charge in [0.15, 0.2) is 5.17 Å². The van der Waals surface area contributed by atoms with Crippen molar-refractivity contribution in [1.82, 2.24) is 0 Å². The second-order valence-corrected chi connectivity index (χ2v) is 8.01. The topological polar surface area (TPSA) is 56.8 Å². The molecule has 0 aromatic heterocycles. The van der Waals surface area contributed by atoms with Crippen molar-refractivity contribution in [3.05, 3.63) is 65.0 Å². The first-order chi connectivity index (χ1) is 13.4. The lowest BCUT2D eigenvalue weighted by Crippen LogP contribution is -2.48. The summed E-state index contributed by atoms with van der Waals surface area (Å²) in [5.74, 6) is -0.850. The van der Waals surface area contributed by atoms with Gasteiger partial charge in [-0.15, -0.1) is 0 Å². The molecule has 3 atom stereocenters. The summed E-state index contributed by atoms with van der Waals surface area (Å²) < 4.78 is 53.1. The Bertz CT molecular complexity index is 940. The van der Waals surface area contributed by atoms with E-state index in [0.29, 0.717) is 28.7 Å². The number of methoxy groups -OCH3 is 1. The second-order valence-electron chi connectivity index (χ2n) is 6.97. The van der Waals surface area contributed by atoms with E-state index in [1.807, 2.05) is 0 Å². The highest BCUT2D eigenvalue weighted by Crippen LogP contribution is 2.49. The summed E-state index contributed by atoms with van der Waals surface area (Å²) >= 11 is 1.39. The quantitative estimate of drug-likeness (QED) is 0.829. The molecule has 4 rings (SSSR count). The minimum absolute atomic E-state index is 0.0605. The number of benzene rings is 2. The van der Waals surface area contributed by atoms with E-state index in [1.54, 1.807) is 6.07 Å². The van der Waals surface area contributed by atoms with Gasteiger partial charge in [-0.3, -0.25) is 0 Å². The number of fused-ring (bicyclic) bond motifs is 1. The van der Waals surface area contributed by atoms with E-state index in [2.05, 4.69) is 4.99 Å². The molecule has 1 saturated heterocycles. The first-order valence-corrected chi connectivity index (χ1v) is 9.79. The summed E-state index contributed by atoms with van der Waals surface area (Å²) in [5, 5.41) is 0.342. The number of hydrogen-bond acceptors (Lipinski definition) is 5. The van der Waals surface area contributed by atoms with Gasteiger partial charge >= 0.3 is 0 Å². The summed E-state index contributed by atoms with van der Waals surface area (Å²) in [4.78, 5) is 4.55. The molecule has 0 bridgehead atoms. The van der Waals surface area contributed by atoms with Gasteiger partial charge in [-0.25, -0.2) is 18.2 Å². The Kier molecular flexibility index (Phi) is 5.01. The lowest BCUT2D eigenvalue weighted by Gasteiger charge is -2.46. The Morgan fingerprint density at radius 3 is 2.75 bits per heavy atom. The van der Waals surface area contributed by atoms with Crippen LogP contribution in [-0.4, -0.2) is 24.6 Å². The molecule has 0 amide bonds. The molecule has 1 fully saturated rings. The van der Waals surface area contributed by atoms with Gasteiger partial charge in [0.1, 0.15) is 28.7 Å². The summed E-state index contributed by atoms with van der Waals surface area (Å²) in [6.07, 6.45) is 0.106. The number of rotatable bonds is 3. The number of hydrogen-bond donors (Lipinski definition) is 1. The number of halogens is 3. The van der Waals surface area contributed by atoms with Gasteiger partial charge in [0.2, 0.25) is 0 Å². The van der Waals surface area contributed by atoms with Gasteiger partial charge < -0.3 is 15.2 Å². The van der Waals surface area contributed by atoms with Crippen LogP contribution in [0.3, 0.4) is 0 Å². The largest absolute Gasteiger partial charge is 0.497 e. The van der Waals surface area contributed by atoms with E-state index in [1.165, 1.54) is 43.1 Å². The molecule has 2 heterocycles. The fourth-order valence-electron chi connectivity index (χ4n) is 3.93. The van der Waals surface area contributed by atoms with Crippen molar-refractivity contribution in [2.75, 3.05) is 19.5 Å². The Labute approximate surface area is 164 Å². The maximum atomic E-state index is 14.6. The Morgan fingerprint density at radius 1 is 1.18 bits per heavy atom. The van der Waals surface area contributed by atoms with E-state index in [-0.39, 0.29) is 24.2 Å². The predicted octanol–water partition coefficient (Wildman–Crippen LogP) is 4.15. The van der Waals surface area contributed by atoms with Gasteiger partial charge in [0, 0.05) is 29.4 Å². The van der Waals surface area contributed by atoms with Gasteiger partial charge in [-0.05, 0) is 30.2 Å². The molecule has 0 aliphatic carbocycles. The molecule has 0 spiro atoms. The molecule has 0 saturated carbocycles. The molecule has 2 aromatic carbocycles. The van der Waals surface area contributed by atoms with Crippen LogP contribution >= 0.6 is 11.8 Å². The van der Waals surface area contributed by atoms with Crippen LogP contribution in [0.4, 0.5) is 13.2 Å². The highest BCUT2D eigenvalue weighted by atomic mass is 32.2. The Morgan fingerprint density at radius 2 is 2.00 bits per heavy atom. The van der Waals surface area contributed by atoms with Crippen LogP contribution in [0, 0.1) is 23.4 Å². The van der Waals surface area contributed by atoms with Gasteiger partial charge in [0.05, 0.1) is 19.8 Å². The zero-order valence-corrected chi connectivity index (χ0v) is 15.9. The van der Waals surface area contributed by atoms with E-state index < -0.39 is 23.0 Å². The molecule has 0 radical (unpaired) electrons. The highest BCUT2D eigenvalue weighted by Gasteiger charge is 2.49. The number of nitrogens with two attached hydrogens (primary N) is 1. The number of aliphatic imine (C=N–C) groups is 1. The number of ether oxygens (including phenoxy) is 2. The second kappa shape index (κ2) is 7.33. The standard InChI is InChI=1S/C20H19F3N2O2S/c1-26-15-5-11(4-14(22)7-15)18-6-12-9-28-19(24)25-20(12,10-27-18)16-3-2-13(21)8-17(16)23/h2-5,7-8,12,18H,6,9-10H2,1H3,(H2,24,25)/t12-,18+,20-/m0/s1. The van der Waals surface area contributed by atoms with E-state index in [0.717, 1.165) is 6.07 Å². The molecular weight excluding hydrogens is 389 g/mol. The highest BCUT2D eigenvalue weighted by molar-refractivity contribution is 8.13. The smallest absolute Gasteiger partial charge is 0.154 e. The first kappa shape index (κ1) is 19.1. The van der Waals surface area contributed by atoms with Gasteiger partial charge in [-0.2, -0.15) is 0 Å². The van der Waals surface area contributed by atoms with Crippen LogP contribution in [0.25, 0.3) is 0 Å². The molecule has 4 nitrogen and oxygen atoms in total. The summed E-state index contributed by atoms with van der Waals surface area (Å²) in [5.41, 5.74) is 5.83. The van der Waals surface area contributed by atoms with Crippen LogP contribution in [0.5, 0.6) is 5.75 Å². The van der Waals surface area contributed by atoms with Crippen LogP contribution in [0.15, 0.2) is 41.4 Å². The zero-order valence-electron chi connectivity index (χ0n) is 15.1. The fourth-order valence-corrected chi connectivity index (χ4v) is 4.94. The van der Waals surface area contributed by atoms with Crippen molar-refractivity contribution in [2.45, 2.75) is 18.1 Å². The number of thioether (sulfide) groups is 1. The Balaban J connectivity index is 1.71. The van der Waals surface area contributed by atoms with Crippen molar-refractivity contribution in [1.29, 1.82) is 0 Å². The van der Waals surface area contributed by atoms with Crippen molar-refractivity contribution in [3.8, 4) is 5.75 Å². The third kappa shape index (κ3) is 3.35. The maximum Gasteiger partial charge on any atom is 0.154 e. The summed E-state index contributed by atoms with van der Waals surface area (Å²) in [6, 6.07) is 7.89. The average Bonchev–Trinajstić information content (AvgIpc) is 2.66. The lowest BCUT2D eigenvalue weighted by atomic mass is 9.74. The van der Waals surface area contributed by atoms with Crippen molar-refractivity contribution >= 4 is 16.9 Å². The van der Waals surface area contributed by atoms with Crippen LogP contribution in [-0.2, 0) is 10.3 Å². The molecular formula is C20H19F3N2O2S. The average molecular weight is 408 g/mol. The zero-order chi connectivity index (χ0) is 19.9. The third-order valence-electron chi connectivity index (χ3n) is 5.32. The predicted molar refractivity (Wildman–Crippen MR) is 102 cm³/mol. The molecule has 2 aliphatic rings. The van der Waals surface area contributed by atoms with E-state index in [4.69, 9.17) is 15.2 Å². The van der Waals surface area contributed by atoms with Crippen LogP contribution in [0.2, 0.25) is 0 Å². The number of nitrogens with zero attached hydrogens (tertiary/aromatic N) is 1. The normalized spacial score (nSPS) is 27.1. The molecule has 2 aromatic rings. The Hall–Kier alpha value is -2.19. The van der Waals surface area contributed by atoms with Crippen molar-refractivity contribution in [3.63, 3.8) is 0 Å². The summed E-state index contributed by atoms with van der Waals surface area (Å²) in [7, 11) is 1.47. The van der Waals surface area contributed by atoms with Crippen LogP contribution < -0.4 is 10.5 Å². The van der Waals surface area contributed by atoms with E-state index in [9.17, 15) is 13.2 Å². The molecule has 0 unspecified atom stereocenters. The molecule has 2 aliphatic heterocycles. The molecule has 2 N–H and O–H groups in total. The monoisotopic (exact) mass is 408 g/mol. The lowest BCUT2D eigenvalue weighted by molar-refractivity contribution is -0.0589. The van der Waals surface area contributed by atoms with Crippen molar-refractivity contribution < 1.29 is 22.6 Å². The minimum atomic E-state index is -1.03. The molecule has 148 valence electrons. The fraction of sp³-hybridized carbons (Fsp3) is 0.350. The van der Waals surface area contributed by atoms with Crippen molar-refractivity contribution in [2.24, 2.45) is 16.6 Å².